The number of anilines is 1. The molecule has 0 atom stereocenters. The standard InChI is InChI=1S/C21H23N3O6S/c1-3-30-21(29)17-14-6-4-5-7-16(14)31-20(17)22-18(27)19(28)24-23-11(2)13-9-8-12(25)10-15(13)26/h8-10,25-26H,3-7H2,1-2H3,(H,22,27)(H,24,28). The number of ether oxygens (including phenoxy) is 1. The number of phenolic OH excluding ortho intramolecular Hbond substituents is 2. The van der Waals surface area contributed by atoms with Gasteiger partial charge in [-0.2, -0.15) is 5.10 Å². The second kappa shape index (κ2) is 9.61. The highest BCUT2D eigenvalue weighted by molar-refractivity contribution is 7.17. The van der Waals surface area contributed by atoms with Crippen LogP contribution in [-0.2, 0) is 27.2 Å². The van der Waals surface area contributed by atoms with Crippen LogP contribution >= 0.6 is 11.3 Å². The molecule has 0 aliphatic heterocycles. The summed E-state index contributed by atoms with van der Waals surface area (Å²) in [5.41, 5.74) is 3.84. The molecule has 0 spiro atoms. The summed E-state index contributed by atoms with van der Waals surface area (Å²) in [6.45, 7) is 3.43. The van der Waals surface area contributed by atoms with E-state index in [1.165, 1.54) is 30.4 Å². The van der Waals surface area contributed by atoms with Crippen LogP contribution in [0, 0.1) is 0 Å². The van der Waals surface area contributed by atoms with Crippen molar-refractivity contribution < 1.29 is 29.3 Å². The molecular formula is C21H23N3O6S. The van der Waals surface area contributed by atoms with E-state index in [0.29, 0.717) is 10.6 Å². The maximum absolute atomic E-state index is 12.4. The number of aromatic hydroxyl groups is 2. The number of aryl methyl sites for hydroxylation is 1. The number of benzene rings is 1. The van der Waals surface area contributed by atoms with Crippen molar-refractivity contribution in [2.75, 3.05) is 11.9 Å². The normalized spacial score (nSPS) is 13.3. The Morgan fingerprint density at radius 3 is 2.61 bits per heavy atom. The van der Waals surface area contributed by atoms with Crippen LogP contribution in [0.4, 0.5) is 5.00 Å². The van der Waals surface area contributed by atoms with Gasteiger partial charge in [0.05, 0.1) is 17.9 Å². The Labute approximate surface area is 182 Å². The summed E-state index contributed by atoms with van der Waals surface area (Å²) in [6, 6.07) is 3.92. The van der Waals surface area contributed by atoms with Gasteiger partial charge in [0.25, 0.3) is 0 Å². The molecule has 9 nitrogen and oxygen atoms in total. The number of fused-ring (bicyclic) bond motifs is 1. The third-order valence-electron chi connectivity index (χ3n) is 4.78. The van der Waals surface area contributed by atoms with E-state index < -0.39 is 17.8 Å². The SMILES string of the molecule is CCOC(=O)c1c(NC(=O)C(=O)NN=C(C)c2ccc(O)cc2O)sc2c1CCCC2. The van der Waals surface area contributed by atoms with Gasteiger partial charge >= 0.3 is 17.8 Å². The molecule has 4 N–H and O–H groups in total. The van der Waals surface area contributed by atoms with Gasteiger partial charge in [-0.15, -0.1) is 11.3 Å². The number of carbonyl (C=O) groups is 3. The first kappa shape index (κ1) is 22.3. The van der Waals surface area contributed by atoms with Gasteiger partial charge in [0.1, 0.15) is 16.5 Å². The summed E-state index contributed by atoms with van der Waals surface area (Å²) >= 11 is 1.28. The van der Waals surface area contributed by atoms with Gasteiger partial charge < -0.3 is 20.3 Å². The third kappa shape index (κ3) is 5.02. The third-order valence-corrected chi connectivity index (χ3v) is 5.99. The maximum Gasteiger partial charge on any atom is 0.341 e. The van der Waals surface area contributed by atoms with Crippen molar-refractivity contribution in [3.05, 3.63) is 39.8 Å². The number of phenols is 2. The smallest absolute Gasteiger partial charge is 0.341 e. The molecule has 0 radical (unpaired) electrons. The number of carbonyl (C=O) groups excluding carboxylic acids is 3. The van der Waals surface area contributed by atoms with Crippen LogP contribution in [-0.4, -0.2) is 40.3 Å². The lowest BCUT2D eigenvalue weighted by Gasteiger charge is -2.12. The van der Waals surface area contributed by atoms with Crippen LogP contribution in [0.15, 0.2) is 23.3 Å². The number of hydrogen-bond acceptors (Lipinski definition) is 8. The molecule has 2 amide bonds. The average molecular weight is 445 g/mol. The zero-order valence-electron chi connectivity index (χ0n) is 17.2. The molecule has 1 aromatic heterocycles. The first-order valence-electron chi connectivity index (χ1n) is 9.81. The number of hydrogen-bond donors (Lipinski definition) is 4. The fourth-order valence-corrected chi connectivity index (χ4v) is 4.58. The van der Waals surface area contributed by atoms with E-state index in [9.17, 15) is 24.6 Å². The fraction of sp³-hybridized carbons (Fsp3) is 0.333. The Kier molecular flexibility index (Phi) is 6.91. The van der Waals surface area contributed by atoms with Gasteiger partial charge in [-0.1, -0.05) is 0 Å². The summed E-state index contributed by atoms with van der Waals surface area (Å²) in [5, 5.41) is 25.8. The van der Waals surface area contributed by atoms with E-state index in [1.54, 1.807) is 6.92 Å². The van der Waals surface area contributed by atoms with Crippen molar-refractivity contribution in [1.82, 2.24) is 5.43 Å². The van der Waals surface area contributed by atoms with Crippen LogP contribution in [0.2, 0.25) is 0 Å². The largest absolute Gasteiger partial charge is 0.508 e. The van der Waals surface area contributed by atoms with Crippen LogP contribution in [0.1, 0.15) is 53.1 Å². The molecule has 164 valence electrons. The molecule has 1 aliphatic rings. The van der Waals surface area contributed by atoms with Gasteiger partial charge in [-0.3, -0.25) is 9.59 Å². The maximum atomic E-state index is 12.4. The number of esters is 1. The average Bonchev–Trinajstić information content (AvgIpc) is 3.09. The fourth-order valence-electron chi connectivity index (χ4n) is 3.30. The molecule has 0 unspecified atom stereocenters. The zero-order valence-corrected chi connectivity index (χ0v) is 18.0. The summed E-state index contributed by atoms with van der Waals surface area (Å²) < 4.78 is 5.14. The summed E-state index contributed by atoms with van der Waals surface area (Å²) in [5.74, 6) is -2.86. The Hall–Kier alpha value is -3.40. The Morgan fingerprint density at radius 2 is 1.90 bits per heavy atom. The highest BCUT2D eigenvalue weighted by Crippen LogP contribution is 2.38. The van der Waals surface area contributed by atoms with E-state index in [4.69, 9.17) is 4.74 Å². The molecule has 0 fully saturated rings. The lowest BCUT2D eigenvalue weighted by atomic mass is 9.95. The van der Waals surface area contributed by atoms with Crippen LogP contribution in [0.25, 0.3) is 0 Å². The molecule has 0 saturated carbocycles. The minimum Gasteiger partial charge on any atom is -0.508 e. The summed E-state index contributed by atoms with van der Waals surface area (Å²) in [6.07, 6.45) is 3.49. The predicted molar refractivity (Wildman–Crippen MR) is 116 cm³/mol. The zero-order chi connectivity index (χ0) is 22.5. The van der Waals surface area contributed by atoms with E-state index in [1.807, 2.05) is 0 Å². The Bertz CT molecular complexity index is 1060. The lowest BCUT2D eigenvalue weighted by molar-refractivity contribution is -0.136. The first-order chi connectivity index (χ1) is 14.8. The second-order valence-electron chi connectivity index (χ2n) is 6.93. The minimum absolute atomic E-state index is 0.117. The molecule has 1 aromatic carbocycles. The van der Waals surface area contributed by atoms with Gasteiger partial charge in [0, 0.05) is 16.5 Å². The predicted octanol–water partition coefficient (Wildman–Crippen LogP) is 2.69. The molecule has 0 saturated heterocycles. The molecule has 0 bridgehead atoms. The summed E-state index contributed by atoms with van der Waals surface area (Å²) in [4.78, 5) is 38.1. The quantitative estimate of drug-likeness (QED) is 0.242. The topological polar surface area (TPSA) is 137 Å². The second-order valence-corrected chi connectivity index (χ2v) is 8.03. The van der Waals surface area contributed by atoms with Crippen molar-refractivity contribution in [2.45, 2.75) is 39.5 Å². The number of rotatable bonds is 5. The lowest BCUT2D eigenvalue weighted by Crippen LogP contribution is -2.33. The van der Waals surface area contributed by atoms with Crippen LogP contribution < -0.4 is 10.7 Å². The number of thiophene rings is 1. The van der Waals surface area contributed by atoms with E-state index in [2.05, 4.69) is 15.8 Å². The van der Waals surface area contributed by atoms with E-state index in [-0.39, 0.29) is 29.4 Å². The molecule has 3 rings (SSSR count). The monoisotopic (exact) mass is 445 g/mol. The van der Waals surface area contributed by atoms with Crippen LogP contribution in [0.3, 0.4) is 0 Å². The van der Waals surface area contributed by atoms with Gasteiger partial charge in [0.15, 0.2) is 0 Å². The number of amides is 2. The molecular weight excluding hydrogens is 422 g/mol. The van der Waals surface area contributed by atoms with Crippen molar-refractivity contribution in [3.63, 3.8) is 0 Å². The minimum atomic E-state index is -1.03. The van der Waals surface area contributed by atoms with Crippen molar-refractivity contribution in [3.8, 4) is 11.5 Å². The Morgan fingerprint density at radius 1 is 1.16 bits per heavy atom. The first-order valence-corrected chi connectivity index (χ1v) is 10.6. The van der Waals surface area contributed by atoms with Crippen molar-refractivity contribution in [1.29, 1.82) is 0 Å². The number of hydrazone groups is 1. The van der Waals surface area contributed by atoms with Gasteiger partial charge in [0.2, 0.25) is 0 Å². The van der Waals surface area contributed by atoms with Crippen molar-refractivity contribution in [2.24, 2.45) is 5.10 Å². The molecule has 2 aromatic rings. The van der Waals surface area contributed by atoms with Crippen molar-refractivity contribution >= 4 is 39.8 Å². The molecule has 1 heterocycles. The Balaban J connectivity index is 1.74. The van der Waals surface area contributed by atoms with E-state index >= 15 is 0 Å². The molecule has 1 aliphatic carbocycles. The number of nitrogens with one attached hydrogen (secondary N) is 2. The summed E-state index contributed by atoms with van der Waals surface area (Å²) in [7, 11) is 0. The molecule has 31 heavy (non-hydrogen) atoms. The van der Waals surface area contributed by atoms with Gasteiger partial charge in [-0.05, 0) is 57.2 Å². The number of nitrogens with zero attached hydrogens (tertiary/aromatic N) is 1. The molecule has 10 heteroatoms. The highest BCUT2D eigenvalue weighted by atomic mass is 32.1. The van der Waals surface area contributed by atoms with Crippen LogP contribution in [0.5, 0.6) is 11.5 Å². The van der Waals surface area contributed by atoms with E-state index in [0.717, 1.165) is 42.2 Å². The van der Waals surface area contributed by atoms with Gasteiger partial charge in [-0.25, -0.2) is 10.2 Å². The highest BCUT2D eigenvalue weighted by Gasteiger charge is 2.28.